The van der Waals surface area contributed by atoms with Crippen LogP contribution in [0, 0.1) is 37.9 Å². The lowest BCUT2D eigenvalue weighted by molar-refractivity contribution is -0.244. The summed E-state index contributed by atoms with van der Waals surface area (Å²) in [4.78, 5) is 55.7. The summed E-state index contributed by atoms with van der Waals surface area (Å²) in [7, 11) is 0. The number of carboxylic acids is 1. The second-order valence-electron chi connectivity index (χ2n) is 32.0. The molecule has 0 aliphatic carbocycles. The second kappa shape index (κ2) is 41.8. The Morgan fingerprint density at radius 2 is 0.724 bits per heavy atom. The maximum Gasteiger partial charge on any atom is 0.335 e. The van der Waals surface area contributed by atoms with Crippen molar-refractivity contribution in [3.05, 3.63) is 11.8 Å². The van der Waals surface area contributed by atoms with Crippen molar-refractivity contribution in [1.82, 2.24) is 0 Å². The van der Waals surface area contributed by atoms with E-state index >= 15 is 0 Å². The number of aliphatic hydroxyl groups is 23. The maximum absolute atomic E-state index is 11.6. The van der Waals surface area contributed by atoms with Gasteiger partial charge >= 0.3 is 5.97 Å². The minimum atomic E-state index is -2.27. The third-order valence-corrected chi connectivity index (χ3v) is 15.3. The smallest absolute Gasteiger partial charge is 0.335 e. The Morgan fingerprint density at radius 3 is 1.01 bits per heavy atom. The normalized spacial score (nSPS) is 28.1. The lowest BCUT2D eigenvalue weighted by atomic mass is 9.80. The molecule has 3 rings (SSSR count). The number of aliphatic carboxylic acids is 1. The number of ketones is 4. The van der Waals surface area contributed by atoms with E-state index in [2.05, 4.69) is 0 Å². The van der Waals surface area contributed by atoms with Crippen LogP contribution in [-0.2, 0) is 38.2 Å². The predicted octanol–water partition coefficient (Wildman–Crippen LogP) is -3.99. The number of rotatable bonds is 16. The van der Waals surface area contributed by atoms with E-state index in [0.29, 0.717) is 12.2 Å². The maximum atomic E-state index is 11.6. The van der Waals surface area contributed by atoms with Gasteiger partial charge in [-0.2, -0.15) is 0 Å². The number of aliphatic hydroxyl groups excluding tert-OH is 22. The molecule has 0 aromatic rings. The molecule has 3 heterocycles. The van der Waals surface area contributed by atoms with E-state index in [1.807, 2.05) is 69.2 Å². The topological polar surface area (TPSA) is 599 Å². The molecule has 3 aliphatic heterocycles. The molecular weight excluding hydrogens is 1300 g/mol. The van der Waals surface area contributed by atoms with E-state index < -0.39 is 205 Å². The van der Waals surface area contributed by atoms with Crippen LogP contribution in [0.4, 0.5) is 0 Å². The van der Waals surface area contributed by atoms with Crippen LogP contribution in [0.3, 0.4) is 0 Å². The number of Topliss-reactive ketones (excluding diaryl/α,β-unsaturated/α-hetero) is 4. The van der Waals surface area contributed by atoms with Crippen molar-refractivity contribution in [2.45, 2.75) is 325 Å². The van der Waals surface area contributed by atoms with Gasteiger partial charge in [-0.25, -0.2) is 4.79 Å². The molecular formula is C66H128O32. The zero-order valence-electron chi connectivity index (χ0n) is 61.6. The van der Waals surface area contributed by atoms with Gasteiger partial charge in [0.1, 0.15) is 116 Å². The second-order valence-corrected chi connectivity index (χ2v) is 32.0. The fourth-order valence-corrected chi connectivity index (χ4v) is 8.87. The number of hydrogen-bond acceptors (Lipinski definition) is 31. The number of carboxylic acid groups (broad SMARTS) is 1. The highest BCUT2D eigenvalue weighted by atomic mass is 16.5. The number of hydrogen-bond donors (Lipinski definition) is 24. The lowest BCUT2D eigenvalue weighted by Crippen LogP contribution is -2.60. The van der Waals surface area contributed by atoms with Crippen LogP contribution in [0.2, 0.25) is 0 Å². The van der Waals surface area contributed by atoms with E-state index in [0.717, 1.165) is 0 Å². The van der Waals surface area contributed by atoms with E-state index in [-0.39, 0.29) is 28.1 Å². The largest absolute Gasteiger partial charge is 0.492 e. The minimum Gasteiger partial charge on any atom is -0.492 e. The highest BCUT2D eigenvalue weighted by Gasteiger charge is 2.49. The highest BCUT2D eigenvalue weighted by molar-refractivity contribution is 5.89. The molecule has 0 radical (unpaired) electrons. The summed E-state index contributed by atoms with van der Waals surface area (Å²) in [6, 6.07) is 0. The van der Waals surface area contributed by atoms with Gasteiger partial charge in [0.25, 0.3) is 0 Å². The molecule has 32 heteroatoms. The van der Waals surface area contributed by atoms with Crippen LogP contribution in [0.25, 0.3) is 0 Å². The standard InChI is InChI=1S/C11H22O4.C10H18O7.C10H20O6.C10H20O4.C10H18O3.C8H16O5.C7H14O3/c1-5-6-7(12)8(13)9(14)10(15-6)11(2,3)4;1-10(2,3)8(15)6(13)4(11)5(12)7(14)9(16)17;1-10(2,3)9(16)8(15)7(14)6(13)5(12)4-11;1-5-6(11)7(12)8(13)9(14-5)10(2,3)4;1-6-5-7(11)8(12)9(13-6)10(2,3)4;1-8(2,3)6(11)4(9)5(10)7(12)13;1-7(2,3)6(10)5(9)4-8/h6-10,12-14H,5H2,1-4H3;4-7,11-14H,1-3H3,(H,16,17);5-8,11-15H,4H2,1-3H3;5-9,11-13H,1-4H3;5,7-9,11-12H,1-4H3;4-5,7,9-10,12-13H,1-3H3;5,8-9H,4H2,1-3H3. The Morgan fingerprint density at radius 1 is 0.408 bits per heavy atom. The van der Waals surface area contributed by atoms with Gasteiger partial charge in [0.15, 0.2) is 35.5 Å². The molecule has 0 aromatic heterocycles. The van der Waals surface area contributed by atoms with Crippen molar-refractivity contribution in [1.29, 1.82) is 0 Å². The molecule has 3 aliphatic rings. The van der Waals surface area contributed by atoms with Crippen molar-refractivity contribution in [2.24, 2.45) is 37.9 Å². The highest BCUT2D eigenvalue weighted by Crippen LogP contribution is 2.36. The molecule has 2 saturated heterocycles. The Hall–Kier alpha value is -3.31. The average molecular weight is 1430 g/mol. The zero-order valence-corrected chi connectivity index (χ0v) is 61.6. The predicted molar refractivity (Wildman–Crippen MR) is 352 cm³/mol. The molecule has 24 atom stereocenters. The first-order chi connectivity index (χ1) is 43.5. The average Bonchev–Trinajstić information content (AvgIpc) is 0.807. The summed E-state index contributed by atoms with van der Waals surface area (Å²) in [5.41, 5.74) is -3.91. The van der Waals surface area contributed by atoms with Crippen LogP contribution < -0.4 is 0 Å². The molecule has 0 spiro atoms. The van der Waals surface area contributed by atoms with E-state index in [1.165, 1.54) is 26.8 Å². The molecule has 2 fully saturated rings. The van der Waals surface area contributed by atoms with Gasteiger partial charge in [0.2, 0.25) is 0 Å². The van der Waals surface area contributed by atoms with Crippen LogP contribution in [0.1, 0.15) is 173 Å². The zero-order chi connectivity index (χ0) is 79.3. The van der Waals surface area contributed by atoms with Crippen molar-refractivity contribution in [3.63, 3.8) is 0 Å². The Bertz CT molecular complexity index is 2350. The summed E-state index contributed by atoms with van der Waals surface area (Å²) < 4.78 is 16.6. The molecule has 0 aromatic carbocycles. The van der Waals surface area contributed by atoms with Crippen LogP contribution in [0.15, 0.2) is 11.8 Å². The van der Waals surface area contributed by atoms with Gasteiger partial charge in [-0.15, -0.1) is 0 Å². The molecule has 24 N–H and O–H groups in total. The van der Waals surface area contributed by atoms with E-state index in [9.17, 15) is 101 Å². The monoisotopic (exact) mass is 1430 g/mol. The third-order valence-electron chi connectivity index (χ3n) is 15.3. The van der Waals surface area contributed by atoms with Crippen molar-refractivity contribution in [2.75, 3.05) is 13.2 Å². The fraction of sp³-hybridized carbons (Fsp3) is 0.894. The van der Waals surface area contributed by atoms with Crippen LogP contribution >= 0.6 is 0 Å². The summed E-state index contributed by atoms with van der Waals surface area (Å²) >= 11 is 0. The summed E-state index contributed by atoms with van der Waals surface area (Å²) in [6.45, 7) is 40.6. The van der Waals surface area contributed by atoms with E-state index in [1.54, 1.807) is 76.2 Å². The Kier molecular flexibility index (Phi) is 43.2. The van der Waals surface area contributed by atoms with Gasteiger partial charge in [-0.3, -0.25) is 19.2 Å². The first-order valence-electron chi connectivity index (χ1n) is 32.1. The first-order valence-corrected chi connectivity index (χ1v) is 32.1. The third kappa shape index (κ3) is 33.4. The molecule has 32 nitrogen and oxygen atoms in total. The molecule has 0 bridgehead atoms. The van der Waals surface area contributed by atoms with Crippen molar-refractivity contribution in [3.8, 4) is 0 Å². The first kappa shape index (κ1) is 101. The Labute approximate surface area is 576 Å². The molecule has 24 unspecified atom stereocenters. The number of carbonyl (C=O) groups is 5. The lowest BCUT2D eigenvalue weighted by Gasteiger charge is -2.45. The Balaban J connectivity index is -0.000000528. The molecule has 0 saturated carbocycles. The number of ether oxygens (including phenoxy) is 3. The fourth-order valence-electron chi connectivity index (χ4n) is 8.87. The molecule has 0 amide bonds. The van der Waals surface area contributed by atoms with Gasteiger partial charge in [0.05, 0.1) is 43.4 Å². The van der Waals surface area contributed by atoms with Crippen molar-refractivity contribution >= 4 is 29.1 Å². The van der Waals surface area contributed by atoms with Gasteiger partial charge < -0.3 is 137 Å². The summed E-state index contributed by atoms with van der Waals surface area (Å²) in [5, 5.41) is 221. The molecule has 584 valence electrons. The van der Waals surface area contributed by atoms with E-state index in [4.69, 9.17) is 60.2 Å². The minimum absolute atomic E-state index is 0.171. The van der Waals surface area contributed by atoms with Crippen LogP contribution in [0.5, 0.6) is 0 Å². The van der Waals surface area contributed by atoms with Crippen LogP contribution in [-0.4, -0.2) is 318 Å². The van der Waals surface area contributed by atoms with Gasteiger partial charge in [-0.1, -0.05) is 152 Å². The van der Waals surface area contributed by atoms with Gasteiger partial charge in [-0.05, 0) is 37.2 Å². The summed E-state index contributed by atoms with van der Waals surface area (Å²) in [6.07, 6.45) is -30.2. The summed E-state index contributed by atoms with van der Waals surface area (Å²) in [5.74, 6) is -3.45. The molecule has 98 heavy (non-hydrogen) atoms. The van der Waals surface area contributed by atoms with Crippen molar-refractivity contribution < 1.29 is 161 Å². The SMILES string of the molecule is CC(C)(C)C(=O)C(O)C(O)C(O)C(O)C(=O)O.CC(C)(C)C(=O)C(O)C(O)C(O)C(O)CO.CC(C)(C)C(=O)C(O)C(O)C(O)O.CC(C)(C)C(=O)C(O)CO.CC1=CC(O)C(O)C(C(C)(C)C)O1.CC1OC(C(C)(C)C)C(O)C(O)C1O.CCC1OC(C(C)(C)C)C(O)C(O)C1O. The quantitative estimate of drug-likeness (QED) is 0.0655. The number of carbonyl (C=O) groups excluding carboxylic acids is 4. The number of allylic oxidation sites excluding steroid dienone is 1. The van der Waals surface area contributed by atoms with Gasteiger partial charge in [0, 0.05) is 27.1 Å².